The summed E-state index contributed by atoms with van der Waals surface area (Å²) in [7, 11) is 0. The van der Waals surface area contributed by atoms with Gasteiger partial charge in [0.05, 0.1) is 0 Å². The molecule has 8 rings (SSSR count). The van der Waals surface area contributed by atoms with Crippen molar-refractivity contribution in [2.75, 3.05) is 0 Å². The number of rotatable bonds is 2. The van der Waals surface area contributed by atoms with Crippen LogP contribution in [0.3, 0.4) is 0 Å². The average Bonchev–Trinajstić information content (AvgIpc) is 3.65. The molecule has 0 aliphatic heterocycles. The zero-order chi connectivity index (χ0) is 26.5. The molecule has 3 nitrogen and oxygen atoms in total. The third-order valence-electron chi connectivity index (χ3n) is 8.32. The Bertz CT molecular complexity index is 1990. The van der Waals surface area contributed by atoms with Crippen molar-refractivity contribution >= 4 is 54.0 Å². The van der Waals surface area contributed by atoms with Gasteiger partial charge in [0.25, 0.3) is 0 Å². The van der Waals surface area contributed by atoms with Crippen LogP contribution < -0.4 is 0 Å². The van der Waals surface area contributed by atoms with Crippen LogP contribution in [-0.4, -0.2) is 30.6 Å². The van der Waals surface area contributed by atoms with Gasteiger partial charge in [-0.05, 0) is 0 Å². The van der Waals surface area contributed by atoms with E-state index in [2.05, 4.69) is 91.2 Å². The Labute approximate surface area is 231 Å². The second-order valence-corrected chi connectivity index (χ2v) is 13.2. The first kappa shape index (κ1) is 22.7. The maximum atomic E-state index is 13.0. The molecule has 4 heteroatoms. The van der Waals surface area contributed by atoms with E-state index in [1.807, 2.05) is 18.2 Å². The first-order valence-corrected chi connectivity index (χ1v) is 14.8. The summed E-state index contributed by atoms with van der Waals surface area (Å²) in [6, 6.07) is 33.4. The Morgan fingerprint density at radius 3 is 1.90 bits per heavy atom. The number of nitrogens with zero attached hydrogens (tertiary/aromatic N) is 1. The van der Waals surface area contributed by atoms with Crippen molar-refractivity contribution < 1.29 is 9.59 Å². The van der Waals surface area contributed by atoms with Gasteiger partial charge in [-0.25, -0.2) is 0 Å². The Kier molecular flexibility index (Phi) is 4.60. The number of fused-ring (bicyclic) bond motifs is 7. The number of aromatic nitrogens is 1. The van der Waals surface area contributed by atoms with Crippen molar-refractivity contribution in [1.29, 1.82) is 0 Å². The van der Waals surface area contributed by atoms with Gasteiger partial charge in [0.1, 0.15) is 0 Å². The van der Waals surface area contributed by atoms with Crippen LogP contribution in [0, 0.1) is 0 Å². The second kappa shape index (κ2) is 7.89. The van der Waals surface area contributed by atoms with Gasteiger partial charge in [0.2, 0.25) is 0 Å². The molecule has 39 heavy (non-hydrogen) atoms. The van der Waals surface area contributed by atoms with Crippen molar-refractivity contribution in [3.05, 3.63) is 128 Å². The fraction of sp³-hybridized carbons (Fsp3) is 0.0857. The molecule has 6 aromatic rings. The van der Waals surface area contributed by atoms with E-state index in [1.165, 1.54) is 48.6 Å². The molecule has 4 aromatic carbocycles. The molecule has 2 aliphatic carbocycles. The number of benzene rings is 4. The van der Waals surface area contributed by atoms with E-state index in [1.54, 1.807) is 12.1 Å². The molecule has 186 valence electrons. The number of Topliss-reactive ketones (excluding diaryl/α,β-unsaturated/α-hetero) is 2. The summed E-state index contributed by atoms with van der Waals surface area (Å²) in [5.41, 5.74) is 8.62. The monoisotopic (exact) mass is 569 g/mol. The predicted molar refractivity (Wildman–Crippen MR) is 158 cm³/mol. The zero-order valence-electron chi connectivity index (χ0n) is 21.5. The molecule has 2 heterocycles. The van der Waals surface area contributed by atoms with Crippen LogP contribution in [0.25, 0.3) is 44.7 Å². The quantitative estimate of drug-likeness (QED) is 0.123. The molecule has 2 aliphatic rings. The molecule has 0 bridgehead atoms. The number of para-hydroxylation sites is 2. The summed E-state index contributed by atoms with van der Waals surface area (Å²) in [6.07, 6.45) is 1.85. The number of allylic oxidation sites excluding steroid dienone is 1. The number of ketones is 2. The van der Waals surface area contributed by atoms with Crippen LogP contribution >= 0.6 is 0 Å². The van der Waals surface area contributed by atoms with Crippen LogP contribution in [-0.2, 0) is 5.41 Å². The second-order valence-electron chi connectivity index (χ2n) is 10.9. The van der Waals surface area contributed by atoms with Crippen molar-refractivity contribution in [1.82, 2.24) is 4.57 Å². The summed E-state index contributed by atoms with van der Waals surface area (Å²) in [5.74, 6) is -0.315. The van der Waals surface area contributed by atoms with E-state index in [-0.39, 0.29) is 31.5 Å². The van der Waals surface area contributed by atoms with Crippen LogP contribution in [0.1, 0.15) is 49.0 Å². The Morgan fingerprint density at radius 1 is 0.667 bits per heavy atom. The van der Waals surface area contributed by atoms with Crippen molar-refractivity contribution in [3.8, 4) is 16.8 Å². The van der Waals surface area contributed by atoms with Gasteiger partial charge in [0.15, 0.2) is 0 Å². The van der Waals surface area contributed by atoms with Gasteiger partial charge < -0.3 is 0 Å². The molecule has 0 saturated carbocycles. The third kappa shape index (κ3) is 3.04. The van der Waals surface area contributed by atoms with Gasteiger partial charge in [-0.2, -0.15) is 0 Å². The van der Waals surface area contributed by atoms with Crippen LogP contribution in [0.4, 0.5) is 0 Å². The fourth-order valence-electron chi connectivity index (χ4n) is 6.44. The molecule has 2 aromatic heterocycles. The number of hydrogen-bond donors (Lipinski definition) is 0. The molecule has 0 saturated heterocycles. The van der Waals surface area contributed by atoms with E-state index in [4.69, 9.17) is 0 Å². The molecular formula is C35H23NO2Se. The molecule has 0 unspecified atom stereocenters. The van der Waals surface area contributed by atoms with Crippen LogP contribution in [0.15, 0.2) is 103 Å². The van der Waals surface area contributed by atoms with E-state index >= 15 is 0 Å². The standard InChI is InChI=1S/C35H23NO2Se/c1-35(2)29-17-20(36-30-13-7-5-9-23(30)24-10-6-8-14-31(24)36)15-16-22(29)27-18-21(39-34(27)35)19-28-32(37)25-11-3-4-12-26(25)33(28)38/h3-19H,1-2H3. The first-order chi connectivity index (χ1) is 18.9. The van der Waals surface area contributed by atoms with E-state index in [9.17, 15) is 9.59 Å². The molecular weight excluding hydrogens is 545 g/mol. The molecule has 0 spiro atoms. The van der Waals surface area contributed by atoms with Crippen molar-refractivity contribution in [2.45, 2.75) is 19.3 Å². The topological polar surface area (TPSA) is 39.1 Å². The maximum absolute atomic E-state index is 13.0. The van der Waals surface area contributed by atoms with Gasteiger partial charge in [-0.1, -0.05) is 0 Å². The minimum atomic E-state index is -0.158. The molecule has 0 atom stereocenters. The van der Waals surface area contributed by atoms with E-state index in [0.717, 1.165) is 4.44 Å². The van der Waals surface area contributed by atoms with Gasteiger partial charge in [-0.15, -0.1) is 0 Å². The molecule has 0 N–H and O–H groups in total. The number of hydrogen-bond acceptors (Lipinski definition) is 2. The summed E-state index contributed by atoms with van der Waals surface area (Å²) >= 11 is 0.0349. The predicted octanol–water partition coefficient (Wildman–Crippen LogP) is 7.61. The van der Waals surface area contributed by atoms with Crippen molar-refractivity contribution in [3.63, 3.8) is 0 Å². The summed E-state index contributed by atoms with van der Waals surface area (Å²) in [6.45, 7) is 4.61. The molecule has 0 radical (unpaired) electrons. The summed E-state index contributed by atoms with van der Waals surface area (Å²) < 4.78 is 4.87. The normalized spacial score (nSPS) is 15.2. The van der Waals surface area contributed by atoms with Gasteiger partial charge in [0, 0.05) is 0 Å². The van der Waals surface area contributed by atoms with Crippen LogP contribution in [0.5, 0.6) is 0 Å². The first-order valence-electron chi connectivity index (χ1n) is 13.1. The van der Waals surface area contributed by atoms with E-state index < -0.39 is 0 Å². The zero-order valence-corrected chi connectivity index (χ0v) is 23.2. The SMILES string of the molecule is CC1(C)c2cc(-n3c4ccccc4c4ccccc43)ccc2-c2cc(C=C3C(=O)c4ccccc4C3=O)[se]c21. The Morgan fingerprint density at radius 2 is 1.26 bits per heavy atom. The fourth-order valence-corrected chi connectivity index (χ4v) is 9.02. The van der Waals surface area contributed by atoms with E-state index in [0.29, 0.717) is 16.7 Å². The number of carbonyl (C=O) groups excluding carboxylic acids is 2. The summed E-state index contributed by atoms with van der Waals surface area (Å²) in [5, 5.41) is 2.52. The Hall–Kier alpha value is -4.24. The third-order valence-corrected chi connectivity index (χ3v) is 11.3. The van der Waals surface area contributed by atoms with Gasteiger partial charge >= 0.3 is 232 Å². The molecule has 0 amide bonds. The average molecular weight is 569 g/mol. The van der Waals surface area contributed by atoms with Crippen molar-refractivity contribution in [2.24, 2.45) is 0 Å². The van der Waals surface area contributed by atoms with Gasteiger partial charge in [-0.3, -0.25) is 0 Å². The minimum absolute atomic E-state index is 0.0349. The summed E-state index contributed by atoms with van der Waals surface area (Å²) in [4.78, 5) is 26.0. The van der Waals surface area contributed by atoms with Crippen LogP contribution in [0.2, 0.25) is 0 Å². The number of carbonyl (C=O) groups is 2. The Balaban J connectivity index is 1.25. The molecule has 0 fully saturated rings.